The van der Waals surface area contributed by atoms with Crippen LogP contribution < -0.4 is 10.2 Å². The van der Waals surface area contributed by atoms with E-state index in [2.05, 4.69) is 5.32 Å². The van der Waals surface area contributed by atoms with Gasteiger partial charge in [0.05, 0.1) is 15.7 Å². The van der Waals surface area contributed by atoms with Gasteiger partial charge in [-0.15, -0.1) is 0 Å². The molecule has 1 N–H and O–H groups in total. The number of hydrogen-bond acceptors (Lipinski definition) is 4. The van der Waals surface area contributed by atoms with E-state index in [1.807, 2.05) is 6.07 Å². The van der Waals surface area contributed by atoms with Gasteiger partial charge in [-0.2, -0.15) is 0 Å². The van der Waals surface area contributed by atoms with Crippen molar-refractivity contribution in [3.8, 4) is 11.3 Å². The Labute approximate surface area is 181 Å². The first kappa shape index (κ1) is 19.4. The first-order chi connectivity index (χ1) is 14.0. The van der Waals surface area contributed by atoms with Gasteiger partial charge in [0, 0.05) is 5.56 Å². The number of amides is 2. The smallest absolute Gasteiger partial charge is 0.270 e. The molecule has 0 spiro atoms. The molecule has 1 aliphatic rings. The number of nitrogens with one attached hydrogen (secondary N) is 1. The molecule has 29 heavy (non-hydrogen) atoms. The van der Waals surface area contributed by atoms with Crippen molar-refractivity contribution in [1.29, 1.82) is 0 Å². The Bertz CT molecular complexity index is 1170. The standard InChI is InChI=1S/C21H12Cl2N2O3S/c22-16-8-4-7-14(18(16)23)17-10-9-13(28-17)11-15-19(26)24-21(29)25(20(15)27)12-5-2-1-3-6-12/h1-11H,(H,24,26,29). The van der Waals surface area contributed by atoms with Crippen LogP contribution in [0.25, 0.3) is 17.4 Å². The van der Waals surface area contributed by atoms with Crippen LogP contribution in [0.2, 0.25) is 10.0 Å². The highest BCUT2D eigenvalue weighted by molar-refractivity contribution is 7.80. The van der Waals surface area contributed by atoms with Crippen molar-refractivity contribution in [1.82, 2.24) is 5.32 Å². The number of para-hydroxylation sites is 1. The minimum absolute atomic E-state index is 0.0224. The zero-order valence-corrected chi connectivity index (χ0v) is 17.0. The number of benzene rings is 2. The molecular weight excluding hydrogens is 431 g/mol. The van der Waals surface area contributed by atoms with Crippen molar-refractivity contribution in [2.75, 3.05) is 4.90 Å². The second-order valence-corrected chi connectivity index (χ2v) is 7.27. The lowest BCUT2D eigenvalue weighted by molar-refractivity contribution is -0.122. The lowest BCUT2D eigenvalue weighted by atomic mass is 10.1. The number of rotatable bonds is 3. The summed E-state index contributed by atoms with van der Waals surface area (Å²) in [4.78, 5) is 26.6. The van der Waals surface area contributed by atoms with Crippen LogP contribution in [0.4, 0.5) is 5.69 Å². The maximum absolute atomic E-state index is 13.0. The largest absolute Gasteiger partial charge is 0.457 e. The topological polar surface area (TPSA) is 62.6 Å². The van der Waals surface area contributed by atoms with Crippen molar-refractivity contribution < 1.29 is 14.0 Å². The van der Waals surface area contributed by atoms with Crippen molar-refractivity contribution in [3.05, 3.63) is 82.0 Å². The van der Waals surface area contributed by atoms with Gasteiger partial charge < -0.3 is 4.42 Å². The van der Waals surface area contributed by atoms with Gasteiger partial charge in [0.1, 0.15) is 17.1 Å². The van der Waals surface area contributed by atoms with Gasteiger partial charge in [0.15, 0.2) is 5.11 Å². The minimum atomic E-state index is -0.592. The number of hydrogen-bond donors (Lipinski definition) is 1. The Balaban J connectivity index is 1.69. The molecule has 4 rings (SSSR count). The quantitative estimate of drug-likeness (QED) is 0.348. The van der Waals surface area contributed by atoms with Crippen LogP contribution in [0.5, 0.6) is 0 Å². The van der Waals surface area contributed by atoms with E-state index in [0.29, 0.717) is 32.8 Å². The number of anilines is 1. The molecule has 0 saturated carbocycles. The minimum Gasteiger partial charge on any atom is -0.457 e. The van der Waals surface area contributed by atoms with Crippen molar-refractivity contribution in [2.45, 2.75) is 0 Å². The zero-order valence-electron chi connectivity index (χ0n) is 14.7. The van der Waals surface area contributed by atoms with Crippen LogP contribution in [0.3, 0.4) is 0 Å². The van der Waals surface area contributed by atoms with Crippen molar-refractivity contribution in [2.24, 2.45) is 0 Å². The molecular formula is C21H12Cl2N2O3S. The molecule has 0 atom stereocenters. The number of furan rings is 1. The van der Waals surface area contributed by atoms with E-state index >= 15 is 0 Å². The monoisotopic (exact) mass is 442 g/mol. The summed E-state index contributed by atoms with van der Waals surface area (Å²) in [5.74, 6) is -0.353. The van der Waals surface area contributed by atoms with E-state index in [4.69, 9.17) is 39.8 Å². The summed E-state index contributed by atoms with van der Waals surface area (Å²) in [5.41, 5.74) is 1.06. The summed E-state index contributed by atoms with van der Waals surface area (Å²) in [6, 6.07) is 17.3. The number of carbonyl (C=O) groups is 2. The normalized spacial score (nSPS) is 15.7. The van der Waals surface area contributed by atoms with Gasteiger partial charge in [-0.3, -0.25) is 19.8 Å². The highest BCUT2D eigenvalue weighted by atomic mass is 35.5. The van der Waals surface area contributed by atoms with Gasteiger partial charge in [0.25, 0.3) is 11.8 Å². The maximum Gasteiger partial charge on any atom is 0.270 e. The Kier molecular flexibility index (Phi) is 5.24. The maximum atomic E-state index is 13.0. The third kappa shape index (κ3) is 3.70. The predicted octanol–water partition coefficient (Wildman–Crippen LogP) is 5.08. The molecule has 0 aliphatic carbocycles. The molecule has 0 radical (unpaired) electrons. The highest BCUT2D eigenvalue weighted by Gasteiger charge is 2.34. The first-order valence-corrected chi connectivity index (χ1v) is 9.63. The van der Waals surface area contributed by atoms with Crippen LogP contribution >= 0.6 is 35.4 Å². The highest BCUT2D eigenvalue weighted by Crippen LogP contribution is 2.34. The second kappa shape index (κ2) is 7.83. The lowest BCUT2D eigenvalue weighted by Gasteiger charge is -2.28. The fourth-order valence-electron chi connectivity index (χ4n) is 2.88. The predicted molar refractivity (Wildman–Crippen MR) is 117 cm³/mol. The summed E-state index contributed by atoms with van der Waals surface area (Å²) < 4.78 is 5.77. The van der Waals surface area contributed by atoms with Crippen LogP contribution in [-0.4, -0.2) is 16.9 Å². The molecule has 2 aromatic carbocycles. The van der Waals surface area contributed by atoms with E-state index in [1.165, 1.54) is 11.0 Å². The molecule has 0 unspecified atom stereocenters. The Morgan fingerprint density at radius 3 is 2.48 bits per heavy atom. The summed E-state index contributed by atoms with van der Waals surface area (Å²) in [7, 11) is 0. The van der Waals surface area contributed by atoms with Crippen LogP contribution in [0, 0.1) is 0 Å². The molecule has 1 fully saturated rings. The van der Waals surface area contributed by atoms with Gasteiger partial charge in [-0.05, 0) is 54.7 Å². The Morgan fingerprint density at radius 1 is 0.966 bits per heavy atom. The van der Waals surface area contributed by atoms with E-state index < -0.39 is 11.8 Å². The molecule has 3 aromatic rings. The number of carbonyl (C=O) groups excluding carboxylic acids is 2. The summed E-state index contributed by atoms with van der Waals surface area (Å²) >= 11 is 17.5. The van der Waals surface area contributed by atoms with E-state index in [0.717, 1.165) is 0 Å². The van der Waals surface area contributed by atoms with Crippen LogP contribution in [-0.2, 0) is 9.59 Å². The molecule has 8 heteroatoms. The SMILES string of the molecule is O=C1NC(=S)N(c2ccccc2)C(=O)C1=Cc1ccc(-c2cccc(Cl)c2Cl)o1. The number of thiocarbonyl (C=S) groups is 1. The van der Waals surface area contributed by atoms with Gasteiger partial charge in [-0.25, -0.2) is 0 Å². The number of halogens is 2. The molecule has 144 valence electrons. The molecule has 1 aliphatic heterocycles. The molecule has 1 saturated heterocycles. The zero-order chi connectivity index (χ0) is 20.5. The van der Waals surface area contributed by atoms with Gasteiger partial charge in [-0.1, -0.05) is 47.5 Å². The average molecular weight is 443 g/mol. The molecule has 0 bridgehead atoms. The summed E-state index contributed by atoms with van der Waals surface area (Å²) in [6.45, 7) is 0. The molecule has 2 amide bonds. The molecule has 5 nitrogen and oxygen atoms in total. The summed E-state index contributed by atoms with van der Waals surface area (Å²) in [6.07, 6.45) is 1.37. The summed E-state index contributed by atoms with van der Waals surface area (Å²) in [5, 5.41) is 3.31. The fourth-order valence-corrected chi connectivity index (χ4v) is 3.56. The van der Waals surface area contributed by atoms with Gasteiger partial charge >= 0.3 is 0 Å². The van der Waals surface area contributed by atoms with Crippen molar-refractivity contribution in [3.63, 3.8) is 0 Å². The molecule has 1 aromatic heterocycles. The lowest BCUT2D eigenvalue weighted by Crippen LogP contribution is -2.54. The third-order valence-electron chi connectivity index (χ3n) is 4.25. The van der Waals surface area contributed by atoms with E-state index in [-0.39, 0.29) is 10.7 Å². The van der Waals surface area contributed by atoms with Gasteiger partial charge in [0.2, 0.25) is 0 Å². The third-order valence-corrected chi connectivity index (χ3v) is 5.35. The van der Waals surface area contributed by atoms with Crippen LogP contribution in [0.15, 0.2) is 70.7 Å². The van der Waals surface area contributed by atoms with E-state index in [1.54, 1.807) is 54.6 Å². The average Bonchev–Trinajstić information content (AvgIpc) is 3.16. The Hall–Kier alpha value is -2.93. The first-order valence-electron chi connectivity index (χ1n) is 8.46. The van der Waals surface area contributed by atoms with Crippen molar-refractivity contribution >= 4 is 64.1 Å². The Morgan fingerprint density at radius 2 is 1.72 bits per heavy atom. The fraction of sp³-hybridized carbons (Fsp3) is 0. The molecule has 2 heterocycles. The second-order valence-electron chi connectivity index (χ2n) is 6.10. The van der Waals surface area contributed by atoms with E-state index in [9.17, 15) is 9.59 Å². The number of nitrogens with zero attached hydrogens (tertiary/aromatic N) is 1. The van der Waals surface area contributed by atoms with Crippen LogP contribution in [0.1, 0.15) is 5.76 Å².